The quantitative estimate of drug-likeness (QED) is 0.827. The molecule has 0 unspecified atom stereocenters. The summed E-state index contributed by atoms with van der Waals surface area (Å²) in [5, 5.41) is 5.12. The fourth-order valence-corrected chi connectivity index (χ4v) is 2.42. The third-order valence-electron chi connectivity index (χ3n) is 3.77. The van der Waals surface area contributed by atoms with Gasteiger partial charge in [0.15, 0.2) is 5.65 Å². The predicted molar refractivity (Wildman–Crippen MR) is 85.0 cm³/mol. The van der Waals surface area contributed by atoms with Gasteiger partial charge in [-0.05, 0) is 26.1 Å². The highest BCUT2D eigenvalue weighted by atomic mass is 16.5. The topological polar surface area (TPSA) is 86.3 Å². The number of carbonyl (C=O) groups is 1. The van der Waals surface area contributed by atoms with Crippen LogP contribution in [0, 0.1) is 6.92 Å². The van der Waals surface area contributed by atoms with Crippen LogP contribution in [0.1, 0.15) is 29.9 Å². The van der Waals surface area contributed by atoms with E-state index in [9.17, 15) is 4.79 Å². The predicted octanol–water partition coefficient (Wildman–Crippen LogP) is 1.10. The van der Waals surface area contributed by atoms with E-state index in [2.05, 4.69) is 28.8 Å². The number of aromatic nitrogens is 3. The van der Waals surface area contributed by atoms with E-state index < -0.39 is 5.91 Å². The number of primary amides is 1. The molecule has 1 amide bonds. The number of nitrogens with zero attached hydrogens (tertiary/aromatic N) is 4. The highest BCUT2D eigenvalue weighted by Crippen LogP contribution is 2.24. The van der Waals surface area contributed by atoms with Crippen molar-refractivity contribution in [3.05, 3.63) is 17.3 Å². The summed E-state index contributed by atoms with van der Waals surface area (Å²) in [6, 6.07) is 1.71. The highest BCUT2D eigenvalue weighted by molar-refractivity contribution is 5.98. The lowest BCUT2D eigenvalue weighted by Crippen LogP contribution is -2.28. The number of carbonyl (C=O) groups excluding carboxylic acids is 1. The Balaban J connectivity index is 2.29. The largest absolute Gasteiger partial charge is 0.476 e. The minimum absolute atomic E-state index is 0.273. The van der Waals surface area contributed by atoms with Crippen molar-refractivity contribution in [2.75, 3.05) is 26.2 Å². The molecule has 2 aromatic rings. The fraction of sp³-hybridized carbons (Fsp3) is 0.533. The van der Waals surface area contributed by atoms with Crippen LogP contribution in [0.2, 0.25) is 0 Å². The zero-order chi connectivity index (χ0) is 16.3. The Morgan fingerprint density at radius 3 is 2.68 bits per heavy atom. The third kappa shape index (κ3) is 3.19. The van der Waals surface area contributed by atoms with Crippen molar-refractivity contribution in [1.82, 2.24) is 19.7 Å². The van der Waals surface area contributed by atoms with Crippen LogP contribution in [0.4, 0.5) is 0 Å². The number of aryl methyl sites for hydroxylation is 2. The lowest BCUT2D eigenvalue weighted by molar-refractivity contribution is 0.0994. The van der Waals surface area contributed by atoms with Crippen molar-refractivity contribution in [2.45, 2.75) is 20.8 Å². The average Bonchev–Trinajstić information content (AvgIpc) is 2.77. The summed E-state index contributed by atoms with van der Waals surface area (Å²) in [6.07, 6.45) is 0. The van der Waals surface area contributed by atoms with E-state index >= 15 is 0 Å². The van der Waals surface area contributed by atoms with Crippen LogP contribution in [0.5, 0.6) is 5.88 Å². The molecule has 0 fully saturated rings. The van der Waals surface area contributed by atoms with Crippen LogP contribution >= 0.6 is 0 Å². The van der Waals surface area contributed by atoms with Crippen molar-refractivity contribution in [1.29, 1.82) is 0 Å². The highest BCUT2D eigenvalue weighted by Gasteiger charge is 2.17. The van der Waals surface area contributed by atoms with E-state index in [-0.39, 0.29) is 5.88 Å². The number of amides is 1. The number of nitrogens with two attached hydrogens (primary N) is 1. The number of hydrogen-bond donors (Lipinski definition) is 1. The second kappa shape index (κ2) is 6.74. The van der Waals surface area contributed by atoms with Gasteiger partial charge in [-0.1, -0.05) is 13.8 Å². The molecule has 2 rings (SSSR count). The summed E-state index contributed by atoms with van der Waals surface area (Å²) in [6.45, 7) is 9.20. The van der Waals surface area contributed by atoms with Gasteiger partial charge in [-0.15, -0.1) is 0 Å². The van der Waals surface area contributed by atoms with Crippen LogP contribution in [-0.2, 0) is 7.05 Å². The Bertz CT molecular complexity index is 676. The molecule has 0 aliphatic rings. The van der Waals surface area contributed by atoms with Crippen molar-refractivity contribution < 1.29 is 9.53 Å². The maximum absolute atomic E-state index is 11.7. The van der Waals surface area contributed by atoms with Crippen molar-refractivity contribution in [2.24, 2.45) is 12.8 Å². The standard InChI is InChI=1S/C15H23N5O2/c1-5-20(6-2)7-8-22-15-12(13(16)21)9-11-10(3)18-19(4)14(11)17-15/h9H,5-8H2,1-4H3,(H2,16,21). The van der Waals surface area contributed by atoms with E-state index in [0.29, 0.717) is 17.8 Å². The Kier molecular flexibility index (Phi) is 4.97. The molecule has 7 heteroatoms. The molecule has 0 saturated heterocycles. The lowest BCUT2D eigenvalue weighted by atomic mass is 10.2. The third-order valence-corrected chi connectivity index (χ3v) is 3.77. The van der Waals surface area contributed by atoms with Gasteiger partial charge in [-0.3, -0.25) is 9.48 Å². The van der Waals surface area contributed by atoms with E-state index in [0.717, 1.165) is 30.7 Å². The monoisotopic (exact) mass is 305 g/mol. The summed E-state index contributed by atoms with van der Waals surface area (Å²) in [7, 11) is 1.81. The van der Waals surface area contributed by atoms with Crippen molar-refractivity contribution in [3.63, 3.8) is 0 Å². The second-order valence-electron chi connectivity index (χ2n) is 5.16. The van der Waals surface area contributed by atoms with Gasteiger partial charge in [-0.2, -0.15) is 10.1 Å². The molecule has 2 heterocycles. The number of hydrogen-bond acceptors (Lipinski definition) is 5. The smallest absolute Gasteiger partial charge is 0.254 e. The van der Waals surface area contributed by atoms with Crippen LogP contribution < -0.4 is 10.5 Å². The number of rotatable bonds is 7. The lowest BCUT2D eigenvalue weighted by Gasteiger charge is -2.18. The fourth-order valence-electron chi connectivity index (χ4n) is 2.42. The molecule has 0 spiro atoms. The summed E-state index contributed by atoms with van der Waals surface area (Å²) in [5.41, 5.74) is 7.23. The molecular formula is C15H23N5O2. The molecule has 120 valence electrons. The Morgan fingerprint density at radius 1 is 1.41 bits per heavy atom. The summed E-state index contributed by atoms with van der Waals surface area (Å²) in [4.78, 5) is 18.3. The van der Waals surface area contributed by atoms with Gasteiger partial charge in [0.25, 0.3) is 5.91 Å². The summed E-state index contributed by atoms with van der Waals surface area (Å²) in [5.74, 6) is -0.273. The van der Waals surface area contributed by atoms with Gasteiger partial charge in [0.05, 0.1) is 5.69 Å². The molecule has 0 aromatic carbocycles. The first-order chi connectivity index (χ1) is 10.5. The van der Waals surface area contributed by atoms with Crippen molar-refractivity contribution >= 4 is 16.9 Å². The van der Waals surface area contributed by atoms with Crippen molar-refractivity contribution in [3.8, 4) is 5.88 Å². The Labute approximate surface area is 130 Å². The van der Waals surface area contributed by atoms with Gasteiger partial charge in [0, 0.05) is 19.0 Å². The molecule has 2 aromatic heterocycles. The maximum atomic E-state index is 11.7. The second-order valence-corrected chi connectivity index (χ2v) is 5.16. The molecule has 0 atom stereocenters. The Hall–Kier alpha value is -2.15. The number of ether oxygens (including phenoxy) is 1. The van der Waals surface area contributed by atoms with Gasteiger partial charge in [0.1, 0.15) is 12.2 Å². The minimum Gasteiger partial charge on any atom is -0.476 e. The molecule has 7 nitrogen and oxygen atoms in total. The molecular weight excluding hydrogens is 282 g/mol. The first-order valence-electron chi connectivity index (χ1n) is 7.47. The SMILES string of the molecule is CCN(CC)CCOc1nc2c(cc1C(N)=O)c(C)nn2C. The number of fused-ring (bicyclic) bond motifs is 1. The first-order valence-corrected chi connectivity index (χ1v) is 7.47. The van der Waals surface area contributed by atoms with Crippen LogP contribution in [0.3, 0.4) is 0 Å². The zero-order valence-electron chi connectivity index (χ0n) is 13.6. The molecule has 0 saturated carbocycles. The van der Waals surface area contributed by atoms with Crippen LogP contribution in [-0.4, -0.2) is 51.8 Å². The summed E-state index contributed by atoms with van der Waals surface area (Å²) >= 11 is 0. The van der Waals surface area contributed by atoms with E-state index in [1.165, 1.54) is 0 Å². The molecule has 22 heavy (non-hydrogen) atoms. The Morgan fingerprint density at radius 2 is 2.09 bits per heavy atom. The molecule has 0 radical (unpaired) electrons. The normalized spacial score (nSPS) is 11.3. The maximum Gasteiger partial charge on any atom is 0.254 e. The van der Waals surface area contributed by atoms with E-state index in [1.807, 2.05) is 14.0 Å². The molecule has 2 N–H and O–H groups in total. The minimum atomic E-state index is -0.546. The number of pyridine rings is 1. The van der Waals surface area contributed by atoms with E-state index in [4.69, 9.17) is 10.5 Å². The zero-order valence-corrected chi connectivity index (χ0v) is 13.6. The molecule has 0 bridgehead atoms. The van der Waals surface area contributed by atoms with Crippen LogP contribution in [0.15, 0.2) is 6.07 Å². The number of likely N-dealkylation sites (N-methyl/N-ethyl adjacent to an activating group) is 1. The van der Waals surface area contributed by atoms with Gasteiger partial charge in [0.2, 0.25) is 5.88 Å². The molecule has 0 aliphatic carbocycles. The van der Waals surface area contributed by atoms with Gasteiger partial charge >= 0.3 is 0 Å². The van der Waals surface area contributed by atoms with Gasteiger partial charge in [-0.25, -0.2) is 0 Å². The summed E-state index contributed by atoms with van der Waals surface area (Å²) < 4.78 is 7.38. The molecule has 0 aliphatic heterocycles. The van der Waals surface area contributed by atoms with Gasteiger partial charge < -0.3 is 15.4 Å². The van der Waals surface area contributed by atoms with E-state index in [1.54, 1.807) is 10.7 Å². The van der Waals surface area contributed by atoms with Crippen LogP contribution in [0.25, 0.3) is 11.0 Å². The average molecular weight is 305 g/mol. The first kappa shape index (κ1) is 16.2.